The molecule has 0 bridgehead atoms. The summed E-state index contributed by atoms with van der Waals surface area (Å²) in [7, 11) is 1.79. The highest BCUT2D eigenvalue weighted by atomic mass is 19.0. The summed E-state index contributed by atoms with van der Waals surface area (Å²) in [5, 5.41) is 0. The Bertz CT molecular complexity index is 1210. The number of Topliss-reactive ketones (excluding diaryl/α,β-unsaturated/α-hetero) is 1. The topological polar surface area (TPSA) is 32.8 Å². The predicted molar refractivity (Wildman–Crippen MR) is 184 cm³/mol. The lowest BCUT2D eigenvalue weighted by Crippen LogP contribution is -2.35. The Balaban J connectivity index is 0.000000993. The molecule has 0 saturated carbocycles. The molecule has 0 aliphatic carbocycles. The molecule has 0 amide bonds. The number of carbonyl (C=O) groups is 1. The van der Waals surface area contributed by atoms with Crippen LogP contribution in [0.1, 0.15) is 84.8 Å². The summed E-state index contributed by atoms with van der Waals surface area (Å²) < 4.78 is 5.35. The van der Waals surface area contributed by atoms with Gasteiger partial charge in [0.15, 0.2) is 0 Å². The highest BCUT2D eigenvalue weighted by molar-refractivity contribution is 5.79. The third-order valence-corrected chi connectivity index (χ3v) is 9.22. The molecule has 238 valence electrons. The van der Waals surface area contributed by atoms with E-state index in [4.69, 9.17) is 4.74 Å². The molecule has 2 aliphatic heterocycles. The largest absolute Gasteiger partial charge is 0.385 e. The Morgan fingerprint density at radius 1 is 0.977 bits per heavy atom. The van der Waals surface area contributed by atoms with Crippen molar-refractivity contribution in [2.45, 2.75) is 80.6 Å². The van der Waals surface area contributed by atoms with Crippen LogP contribution in [0.4, 0.5) is 16.1 Å². The number of methoxy groups -OCH3 is 1. The molecule has 2 aliphatic rings. The molecule has 0 N–H and O–H groups in total. The summed E-state index contributed by atoms with van der Waals surface area (Å²) in [6.07, 6.45) is 7.93. The van der Waals surface area contributed by atoms with Crippen LogP contribution in [0.5, 0.6) is 0 Å². The first-order valence-corrected chi connectivity index (χ1v) is 16.2. The van der Waals surface area contributed by atoms with Crippen molar-refractivity contribution in [2.24, 2.45) is 17.8 Å². The van der Waals surface area contributed by atoms with E-state index >= 15 is 0 Å². The molecular formula is C38H57FN2O2. The van der Waals surface area contributed by atoms with Crippen molar-refractivity contribution in [1.82, 2.24) is 0 Å². The van der Waals surface area contributed by atoms with Crippen molar-refractivity contribution >= 4 is 22.7 Å². The molecule has 4 rings (SSSR count). The number of nitrogens with zero attached hydrogens (tertiary/aromatic N) is 2. The van der Waals surface area contributed by atoms with Gasteiger partial charge in [0.05, 0.1) is 0 Å². The Kier molecular flexibility index (Phi) is 15.2. The summed E-state index contributed by atoms with van der Waals surface area (Å²) in [5.41, 5.74) is 9.81. The van der Waals surface area contributed by atoms with Crippen LogP contribution < -0.4 is 9.80 Å². The lowest BCUT2D eigenvalue weighted by Gasteiger charge is -2.35. The lowest BCUT2D eigenvalue weighted by atomic mass is 9.86. The smallest absolute Gasteiger partial charge is 0.129 e. The first-order chi connectivity index (χ1) is 20.1. The van der Waals surface area contributed by atoms with Gasteiger partial charge in [0.1, 0.15) is 5.78 Å². The molecule has 2 fully saturated rings. The van der Waals surface area contributed by atoms with E-state index in [1.54, 1.807) is 19.6 Å². The minimum atomic E-state index is 0. The van der Waals surface area contributed by atoms with E-state index in [1.165, 1.54) is 59.6 Å². The number of allylic oxidation sites excluding steroid dienone is 3. The number of hydrogen-bond acceptors (Lipinski definition) is 4. The molecule has 2 heterocycles. The van der Waals surface area contributed by atoms with Gasteiger partial charge in [-0.05, 0) is 99.1 Å². The maximum absolute atomic E-state index is 9.81. The van der Waals surface area contributed by atoms with E-state index in [0.717, 1.165) is 44.4 Å². The average Bonchev–Trinajstić information content (AvgIpc) is 3.49. The van der Waals surface area contributed by atoms with Crippen LogP contribution in [0.3, 0.4) is 0 Å². The van der Waals surface area contributed by atoms with Crippen molar-refractivity contribution < 1.29 is 14.2 Å². The van der Waals surface area contributed by atoms with Gasteiger partial charge < -0.3 is 19.3 Å². The van der Waals surface area contributed by atoms with Crippen molar-refractivity contribution in [2.75, 3.05) is 49.7 Å². The second kappa shape index (κ2) is 18.0. The van der Waals surface area contributed by atoms with Gasteiger partial charge in [0.2, 0.25) is 0 Å². The van der Waals surface area contributed by atoms with Gasteiger partial charge >= 0.3 is 0 Å². The Labute approximate surface area is 261 Å². The van der Waals surface area contributed by atoms with Gasteiger partial charge in [-0.2, -0.15) is 0 Å². The van der Waals surface area contributed by atoms with Gasteiger partial charge in [-0.1, -0.05) is 75.2 Å². The standard InChI is InChI=1S/C34H48N2O.C4H8O.FH/c1-25(2)29-13-17-35(18-14-29)32-11-8-12-33(23-32)36-19-15-31(24-36)34(30-10-7-9-26(3)21-30)22-28(5)27(4)16-20-37-6;1-3-4(2)5;/h7-12,21-23,25,27,29H,13-20,24H2,1-6H3;3H2,1-2H3;1H/b28-22+,34-31+;;. The Hall–Kier alpha value is -2.92. The van der Waals surface area contributed by atoms with Gasteiger partial charge in [-0.25, -0.2) is 0 Å². The van der Waals surface area contributed by atoms with Crippen molar-refractivity contribution in [3.63, 3.8) is 0 Å². The number of piperidine rings is 1. The third-order valence-electron chi connectivity index (χ3n) is 9.22. The summed E-state index contributed by atoms with van der Waals surface area (Å²) >= 11 is 0. The number of anilines is 2. The van der Waals surface area contributed by atoms with Crippen LogP contribution in [0.15, 0.2) is 65.8 Å². The number of benzene rings is 2. The zero-order chi connectivity index (χ0) is 30.6. The van der Waals surface area contributed by atoms with Gasteiger partial charge in [0, 0.05) is 57.7 Å². The number of halogens is 1. The fourth-order valence-corrected chi connectivity index (χ4v) is 5.90. The quantitative estimate of drug-likeness (QED) is 0.275. The maximum atomic E-state index is 9.81. The SMILES string of the molecule is CCC(C)=O.COCCC(C)/C(C)=C/C(=C1/CCN(c2cccc(N3CCC(C(C)C)CC3)c2)C1)c1cccc(C)c1.F. The molecule has 2 aromatic carbocycles. The van der Waals surface area contributed by atoms with E-state index in [9.17, 15) is 4.79 Å². The summed E-state index contributed by atoms with van der Waals surface area (Å²) in [5.74, 6) is 2.44. The molecule has 0 aromatic heterocycles. The van der Waals surface area contributed by atoms with E-state index in [-0.39, 0.29) is 10.5 Å². The lowest BCUT2D eigenvalue weighted by molar-refractivity contribution is -0.116. The van der Waals surface area contributed by atoms with Crippen LogP contribution >= 0.6 is 0 Å². The minimum Gasteiger partial charge on any atom is -0.385 e. The normalized spacial score (nSPS) is 17.7. The molecular weight excluding hydrogens is 535 g/mol. The van der Waals surface area contributed by atoms with Crippen LogP contribution in [-0.4, -0.2) is 45.7 Å². The second-order valence-corrected chi connectivity index (χ2v) is 12.8. The minimum absolute atomic E-state index is 0. The number of aryl methyl sites for hydroxylation is 1. The summed E-state index contributed by atoms with van der Waals surface area (Å²) in [4.78, 5) is 15.0. The van der Waals surface area contributed by atoms with E-state index in [2.05, 4.69) is 99.0 Å². The third kappa shape index (κ3) is 10.9. The monoisotopic (exact) mass is 592 g/mol. The highest BCUT2D eigenvalue weighted by Gasteiger charge is 2.24. The van der Waals surface area contributed by atoms with Crippen molar-refractivity contribution in [1.29, 1.82) is 0 Å². The number of carbonyl (C=O) groups excluding carboxylic acids is 1. The van der Waals surface area contributed by atoms with Crippen LogP contribution in [0, 0.1) is 24.7 Å². The number of ether oxygens (including phenoxy) is 1. The first kappa shape index (κ1) is 36.3. The number of hydrogen-bond donors (Lipinski definition) is 0. The van der Waals surface area contributed by atoms with E-state index in [1.807, 2.05) is 6.92 Å². The molecule has 4 nitrogen and oxygen atoms in total. The highest BCUT2D eigenvalue weighted by Crippen LogP contribution is 2.35. The first-order valence-electron chi connectivity index (χ1n) is 16.2. The number of rotatable bonds is 10. The second-order valence-electron chi connectivity index (χ2n) is 12.8. The molecule has 43 heavy (non-hydrogen) atoms. The van der Waals surface area contributed by atoms with Crippen molar-refractivity contribution in [3.05, 3.63) is 76.9 Å². The van der Waals surface area contributed by atoms with Crippen LogP contribution in [0.25, 0.3) is 5.57 Å². The fraction of sp³-hybridized carbons (Fsp3) is 0.553. The fourth-order valence-electron chi connectivity index (χ4n) is 5.90. The van der Waals surface area contributed by atoms with E-state index in [0.29, 0.717) is 12.3 Å². The molecule has 0 spiro atoms. The predicted octanol–water partition coefficient (Wildman–Crippen LogP) is 9.29. The van der Waals surface area contributed by atoms with Crippen LogP contribution in [0.2, 0.25) is 0 Å². The molecule has 1 atom stereocenters. The number of ketones is 1. The van der Waals surface area contributed by atoms with Gasteiger partial charge in [0.25, 0.3) is 0 Å². The molecule has 2 saturated heterocycles. The molecule has 1 unspecified atom stereocenters. The molecule has 5 heteroatoms. The van der Waals surface area contributed by atoms with E-state index < -0.39 is 0 Å². The Morgan fingerprint density at radius 3 is 2.19 bits per heavy atom. The van der Waals surface area contributed by atoms with Crippen LogP contribution in [-0.2, 0) is 9.53 Å². The maximum Gasteiger partial charge on any atom is 0.129 e. The van der Waals surface area contributed by atoms with Crippen molar-refractivity contribution in [3.8, 4) is 0 Å². The summed E-state index contributed by atoms with van der Waals surface area (Å²) in [6, 6.07) is 18.3. The molecule has 0 radical (unpaired) electrons. The average molecular weight is 593 g/mol. The molecule has 2 aromatic rings. The Morgan fingerprint density at radius 2 is 1.60 bits per heavy atom. The van der Waals surface area contributed by atoms with Gasteiger partial charge in [-0.3, -0.25) is 4.70 Å². The zero-order valence-corrected chi connectivity index (χ0v) is 28.1. The van der Waals surface area contributed by atoms with Gasteiger partial charge in [-0.15, -0.1) is 0 Å². The summed E-state index contributed by atoms with van der Waals surface area (Å²) in [6.45, 7) is 20.2. The zero-order valence-electron chi connectivity index (χ0n) is 28.1.